The van der Waals surface area contributed by atoms with Crippen molar-refractivity contribution in [3.63, 3.8) is 0 Å². The zero-order valence-electron chi connectivity index (χ0n) is 13.0. The first-order valence-electron chi connectivity index (χ1n) is 7.61. The lowest BCUT2D eigenvalue weighted by Crippen LogP contribution is -2.25. The van der Waals surface area contributed by atoms with Crippen molar-refractivity contribution in [2.45, 2.75) is 25.8 Å². The molecule has 0 saturated carbocycles. The fourth-order valence-corrected chi connectivity index (χ4v) is 3.60. The van der Waals surface area contributed by atoms with E-state index in [4.69, 9.17) is 4.74 Å². The number of hydrogen-bond acceptors (Lipinski definition) is 2. The van der Waals surface area contributed by atoms with Gasteiger partial charge in [-0.3, -0.25) is 0 Å². The second kappa shape index (κ2) is 5.90. The summed E-state index contributed by atoms with van der Waals surface area (Å²) in [6, 6.07) is 15.7. The Morgan fingerprint density at radius 2 is 1.76 bits per heavy atom. The fourth-order valence-electron chi connectivity index (χ4n) is 3.60. The molecule has 3 rings (SSSR count). The van der Waals surface area contributed by atoms with Crippen molar-refractivity contribution in [1.82, 2.24) is 5.32 Å². The van der Waals surface area contributed by atoms with E-state index in [1.807, 2.05) is 0 Å². The van der Waals surface area contributed by atoms with E-state index in [0.717, 1.165) is 18.6 Å². The van der Waals surface area contributed by atoms with Gasteiger partial charge in [-0.2, -0.15) is 0 Å². The summed E-state index contributed by atoms with van der Waals surface area (Å²) in [6.07, 6.45) is 2.32. The van der Waals surface area contributed by atoms with E-state index in [2.05, 4.69) is 61.8 Å². The van der Waals surface area contributed by atoms with Crippen molar-refractivity contribution in [3.05, 3.63) is 64.7 Å². The van der Waals surface area contributed by atoms with Gasteiger partial charge in [0.2, 0.25) is 0 Å². The number of rotatable bonds is 4. The van der Waals surface area contributed by atoms with Crippen LogP contribution in [0.25, 0.3) is 0 Å². The zero-order valence-corrected chi connectivity index (χ0v) is 13.0. The molecule has 0 aromatic heterocycles. The molecule has 110 valence electrons. The molecule has 1 N–H and O–H groups in total. The molecule has 0 heterocycles. The maximum absolute atomic E-state index is 5.37. The van der Waals surface area contributed by atoms with Gasteiger partial charge in [0.15, 0.2) is 0 Å². The molecule has 0 bridgehead atoms. The van der Waals surface area contributed by atoms with Gasteiger partial charge in [-0.05, 0) is 61.1 Å². The first-order chi connectivity index (χ1) is 10.2. The Bertz CT molecular complexity index is 610. The lowest BCUT2D eigenvalue weighted by molar-refractivity contribution is 0.393. The maximum Gasteiger partial charge on any atom is 0.121 e. The van der Waals surface area contributed by atoms with Crippen LogP contribution in [0.5, 0.6) is 5.75 Å². The largest absolute Gasteiger partial charge is 0.496 e. The topological polar surface area (TPSA) is 21.3 Å². The van der Waals surface area contributed by atoms with Crippen LogP contribution in [0.1, 0.15) is 28.3 Å². The van der Waals surface area contributed by atoms with Gasteiger partial charge >= 0.3 is 0 Å². The van der Waals surface area contributed by atoms with Gasteiger partial charge in [-0.25, -0.2) is 0 Å². The molecule has 0 amide bonds. The number of aryl methyl sites for hydroxylation is 1. The molecule has 0 saturated heterocycles. The molecule has 2 heteroatoms. The van der Waals surface area contributed by atoms with E-state index in [9.17, 15) is 0 Å². The minimum atomic E-state index is 0.391. The zero-order chi connectivity index (χ0) is 14.8. The van der Waals surface area contributed by atoms with Gasteiger partial charge in [0.05, 0.1) is 7.11 Å². The van der Waals surface area contributed by atoms with E-state index in [1.54, 1.807) is 7.11 Å². The van der Waals surface area contributed by atoms with E-state index < -0.39 is 0 Å². The van der Waals surface area contributed by atoms with Crippen LogP contribution in [-0.4, -0.2) is 14.2 Å². The predicted molar refractivity (Wildman–Crippen MR) is 86.9 cm³/mol. The number of fused-ring (bicyclic) bond motifs is 1. The number of nitrogens with one attached hydrogen (secondary N) is 1. The van der Waals surface area contributed by atoms with Crippen LogP contribution in [0.3, 0.4) is 0 Å². The summed E-state index contributed by atoms with van der Waals surface area (Å²) in [4.78, 5) is 0. The highest BCUT2D eigenvalue weighted by Gasteiger charge is 2.28. The summed E-state index contributed by atoms with van der Waals surface area (Å²) in [6.45, 7) is 2.11. The standard InChI is InChI=1S/C19H23NO/c1-13-10-16(8-9-18(13)21-3)19(20-2)17-11-14-6-4-5-7-15(14)12-17/h4-10,17,19-20H,11-12H2,1-3H3. The van der Waals surface area contributed by atoms with Crippen LogP contribution in [0, 0.1) is 12.8 Å². The molecule has 1 unspecified atom stereocenters. The molecule has 2 aromatic carbocycles. The van der Waals surface area contributed by atoms with Crippen LogP contribution in [-0.2, 0) is 12.8 Å². The summed E-state index contributed by atoms with van der Waals surface area (Å²) in [5.74, 6) is 1.59. The minimum Gasteiger partial charge on any atom is -0.496 e. The number of hydrogen-bond donors (Lipinski definition) is 1. The summed E-state index contributed by atoms with van der Waals surface area (Å²) in [5, 5.41) is 3.52. The molecule has 2 aromatic rings. The molecule has 0 aliphatic heterocycles. The first kappa shape index (κ1) is 14.2. The minimum absolute atomic E-state index is 0.391. The van der Waals surface area contributed by atoms with Gasteiger partial charge < -0.3 is 10.1 Å². The normalized spacial score (nSPS) is 15.8. The number of ether oxygens (including phenoxy) is 1. The molecule has 0 spiro atoms. The van der Waals surface area contributed by atoms with Gasteiger partial charge in [0.1, 0.15) is 5.75 Å². The highest BCUT2D eigenvalue weighted by molar-refractivity contribution is 5.39. The summed E-state index contributed by atoms with van der Waals surface area (Å²) in [5.41, 5.74) is 5.57. The monoisotopic (exact) mass is 281 g/mol. The van der Waals surface area contributed by atoms with Gasteiger partial charge in [0.25, 0.3) is 0 Å². The highest BCUT2D eigenvalue weighted by Crippen LogP contribution is 2.36. The van der Waals surface area contributed by atoms with Crippen LogP contribution < -0.4 is 10.1 Å². The second-order valence-electron chi connectivity index (χ2n) is 5.93. The maximum atomic E-state index is 5.37. The molecule has 1 aliphatic rings. The quantitative estimate of drug-likeness (QED) is 0.923. The van der Waals surface area contributed by atoms with Crippen molar-refractivity contribution in [2.75, 3.05) is 14.2 Å². The highest BCUT2D eigenvalue weighted by atomic mass is 16.5. The van der Waals surface area contributed by atoms with Crippen LogP contribution >= 0.6 is 0 Å². The van der Waals surface area contributed by atoms with Crippen molar-refractivity contribution >= 4 is 0 Å². The van der Waals surface area contributed by atoms with Gasteiger partial charge in [-0.15, -0.1) is 0 Å². The Balaban J connectivity index is 1.85. The average Bonchev–Trinajstić information content (AvgIpc) is 2.91. The smallest absolute Gasteiger partial charge is 0.121 e. The molecule has 21 heavy (non-hydrogen) atoms. The molecule has 0 radical (unpaired) electrons. The van der Waals surface area contributed by atoms with Crippen LogP contribution in [0.2, 0.25) is 0 Å². The first-order valence-corrected chi connectivity index (χ1v) is 7.61. The van der Waals surface area contributed by atoms with Crippen molar-refractivity contribution < 1.29 is 4.74 Å². The van der Waals surface area contributed by atoms with Crippen LogP contribution in [0.15, 0.2) is 42.5 Å². The van der Waals surface area contributed by atoms with Crippen LogP contribution in [0.4, 0.5) is 0 Å². The Morgan fingerprint density at radius 1 is 1.10 bits per heavy atom. The lowest BCUT2D eigenvalue weighted by Gasteiger charge is -2.24. The summed E-state index contributed by atoms with van der Waals surface area (Å²) >= 11 is 0. The fraction of sp³-hybridized carbons (Fsp3) is 0.368. The van der Waals surface area contributed by atoms with E-state index in [1.165, 1.54) is 22.3 Å². The SMILES string of the molecule is CNC(c1ccc(OC)c(C)c1)C1Cc2ccccc2C1. The third-order valence-electron chi connectivity index (χ3n) is 4.64. The molecule has 0 fully saturated rings. The van der Waals surface area contributed by atoms with Crippen molar-refractivity contribution in [1.29, 1.82) is 0 Å². The third kappa shape index (κ3) is 2.68. The van der Waals surface area contributed by atoms with Crippen molar-refractivity contribution in [3.8, 4) is 5.75 Å². The van der Waals surface area contributed by atoms with E-state index in [-0.39, 0.29) is 0 Å². The summed E-state index contributed by atoms with van der Waals surface area (Å²) < 4.78 is 5.37. The van der Waals surface area contributed by atoms with Gasteiger partial charge in [-0.1, -0.05) is 36.4 Å². The summed E-state index contributed by atoms with van der Waals surface area (Å²) in [7, 11) is 3.79. The number of benzene rings is 2. The van der Waals surface area contributed by atoms with Gasteiger partial charge in [0, 0.05) is 6.04 Å². The molecular formula is C19H23NO. The molecular weight excluding hydrogens is 258 g/mol. The average molecular weight is 281 g/mol. The molecule has 1 atom stereocenters. The predicted octanol–water partition coefficient (Wildman–Crippen LogP) is 3.68. The Labute approximate surface area is 127 Å². The Morgan fingerprint density at radius 3 is 2.29 bits per heavy atom. The number of methoxy groups -OCH3 is 1. The lowest BCUT2D eigenvalue weighted by atomic mass is 9.90. The third-order valence-corrected chi connectivity index (χ3v) is 4.64. The van der Waals surface area contributed by atoms with Crippen molar-refractivity contribution in [2.24, 2.45) is 5.92 Å². The molecule has 1 aliphatic carbocycles. The molecule has 2 nitrogen and oxygen atoms in total. The second-order valence-corrected chi connectivity index (χ2v) is 5.93. The van der Waals surface area contributed by atoms with E-state index in [0.29, 0.717) is 12.0 Å². The Hall–Kier alpha value is -1.80. The Kier molecular flexibility index (Phi) is 3.98. The van der Waals surface area contributed by atoms with E-state index >= 15 is 0 Å².